The molecule has 458 valence electrons. The molecule has 10 heterocycles. The summed E-state index contributed by atoms with van der Waals surface area (Å²) in [6.45, 7) is -1.99. The van der Waals surface area contributed by atoms with E-state index in [1.165, 1.54) is 0 Å². The van der Waals surface area contributed by atoms with Gasteiger partial charge in [0.1, 0.15) is 42.1 Å². The number of hydrogen-bond donors (Lipinski definition) is 11. The Bertz CT molecular complexity index is 4610. The Morgan fingerprint density at radius 1 is 0.560 bits per heavy atom. The number of fused-ring (bicyclic) bond motifs is 2. The van der Waals surface area contributed by atoms with Crippen molar-refractivity contribution in [2.75, 3.05) is 64.6 Å². The minimum atomic E-state index is -6.66. The largest absolute Gasteiger partial charge is 0.396 e. The highest BCUT2D eigenvalue weighted by Gasteiger charge is 2.52. The van der Waals surface area contributed by atoms with Gasteiger partial charge in [-0.2, -0.15) is 9.97 Å². The van der Waals surface area contributed by atoms with Crippen molar-refractivity contribution in [3.05, 3.63) is 85.2 Å². The summed E-state index contributed by atoms with van der Waals surface area (Å²) in [4.78, 5) is 77.4. The summed E-state index contributed by atoms with van der Waals surface area (Å²) in [7, 11) is -19.3. The summed E-state index contributed by atoms with van der Waals surface area (Å²) in [5.74, 6) is -11.3. The molecule has 0 aliphatic carbocycles. The number of ether oxygens (including phenoxy) is 4. The summed E-state index contributed by atoms with van der Waals surface area (Å²) in [5, 5.41) is 67.6. The monoisotopic (exact) mass is 1260 g/mol. The van der Waals surface area contributed by atoms with Crippen molar-refractivity contribution >= 4 is 69.4 Å². The van der Waals surface area contributed by atoms with E-state index in [2.05, 4.69) is 34.9 Å². The molecular weight excluding hydrogens is 1180 g/mol. The quantitative estimate of drug-likeness (QED) is 0.0301. The number of nitrogens with zero attached hydrogens (tertiary/aromatic N) is 10. The number of aromatic nitrogens is 12. The van der Waals surface area contributed by atoms with Crippen molar-refractivity contribution in [1.29, 1.82) is 0 Å². The third kappa shape index (κ3) is 12.1. The summed E-state index contributed by atoms with van der Waals surface area (Å²) >= 11 is 0. The lowest BCUT2D eigenvalue weighted by Crippen LogP contribution is -2.38. The van der Waals surface area contributed by atoms with E-state index >= 15 is 8.42 Å². The van der Waals surface area contributed by atoms with Crippen LogP contribution in [0.5, 0.6) is 0 Å². The molecule has 35 nitrogen and oxygen atoms in total. The fraction of sp³-hybridized carbons (Fsp3) is 0.609. The van der Waals surface area contributed by atoms with Crippen LogP contribution in [0.2, 0.25) is 0 Å². The zero-order valence-electron chi connectivity index (χ0n) is 54.8. The molecular formula is C46H61N15O20S3. The number of nitrogens with two attached hydrogens (primary N) is 3. The molecule has 0 amide bonds. The molecule has 4 fully saturated rings. The summed E-state index contributed by atoms with van der Waals surface area (Å²) in [6.07, 6.45) is -29.6. The smallest absolute Gasteiger partial charge is 0.351 e. The van der Waals surface area contributed by atoms with Crippen molar-refractivity contribution in [2.24, 2.45) is 23.7 Å². The lowest BCUT2D eigenvalue weighted by molar-refractivity contribution is -0.0448. The van der Waals surface area contributed by atoms with Gasteiger partial charge in [-0.05, 0) is 31.7 Å². The molecule has 0 bridgehead atoms. The third-order valence-electron chi connectivity index (χ3n) is 14.2. The van der Waals surface area contributed by atoms with Crippen molar-refractivity contribution in [3.8, 4) is 0 Å². The summed E-state index contributed by atoms with van der Waals surface area (Å²) in [5.41, 5.74) is -14.5. The number of sulfone groups is 3. The van der Waals surface area contributed by atoms with Gasteiger partial charge >= 0.3 is 11.4 Å². The van der Waals surface area contributed by atoms with Crippen LogP contribution in [0.1, 0.15) is 67.0 Å². The van der Waals surface area contributed by atoms with Gasteiger partial charge in [0.15, 0.2) is 77.1 Å². The van der Waals surface area contributed by atoms with Crippen molar-refractivity contribution in [3.63, 3.8) is 0 Å². The molecule has 16 atom stereocenters. The molecule has 0 aromatic carbocycles. The second-order valence-electron chi connectivity index (χ2n) is 19.5. The standard InChI is InChI=1S/C46H61N15O20S3/c47-28-1-7-58(45(70)54-28)40-32(65)20(13-63)25(79-40)4-10-82(72,73)15-22-26(80-42(34(22)67)60-18-52-30-36(48)50-17-51-37(30)60)5-12-84(76,77)16-23-27(81-43(35(23)68)61-19-53-31-38(61)56-44(49)57-39(31)69)6-11-83(74,75)14-21-24(3-9-62)78-41(33(21)66)59-8-2-29(64)55-46(59)71/h1-2,7-8,17-27,32-35,40-43,62-63,65-68H,3-6,9-16H2,(H2,47,54,70)(H2,48,50,51)(H,55,64,71)(H3,49,56,57,69)/t20-,21-,22-,23-,24-,25-,26-,27-,32-,33-,34-,35-,40-,41-,42-,43-/m1/s1/i10T2,11T2,12T2,14T2,15T2,16T2. The van der Waals surface area contributed by atoms with Crippen LogP contribution in [0, 0.1) is 23.7 Å². The lowest BCUT2D eigenvalue weighted by atomic mass is 9.97. The maximum Gasteiger partial charge on any atom is 0.351 e. The maximum atomic E-state index is 15.3. The Morgan fingerprint density at radius 2 is 1.02 bits per heavy atom. The van der Waals surface area contributed by atoms with Crippen molar-refractivity contribution < 1.29 is 91.3 Å². The number of anilines is 3. The molecule has 0 saturated carbocycles. The van der Waals surface area contributed by atoms with Crippen LogP contribution in [-0.2, 0) is 48.5 Å². The number of nitrogen functional groups attached to an aromatic ring is 3. The van der Waals surface area contributed by atoms with Gasteiger partial charge in [-0.1, -0.05) is 0 Å². The molecule has 10 rings (SSSR count). The normalized spacial score (nSPS) is 33.5. The number of aromatic amines is 2. The average Bonchev–Trinajstić information content (AvgIpc) is 1.31. The molecule has 0 spiro atoms. The first-order valence-electron chi connectivity index (χ1n) is 31.0. The van der Waals surface area contributed by atoms with Gasteiger partial charge in [0.05, 0.1) is 77.9 Å². The average molecular weight is 1260 g/mol. The number of imidazole rings is 2. The fourth-order valence-electron chi connectivity index (χ4n) is 10.2. The highest BCUT2D eigenvalue weighted by atomic mass is 32.2. The van der Waals surface area contributed by atoms with E-state index in [1.54, 1.807) is 0 Å². The Kier molecular flexibility index (Phi) is 13.1. The number of aliphatic hydroxyl groups excluding tert-OH is 6. The highest BCUT2D eigenvalue weighted by Crippen LogP contribution is 2.42. The van der Waals surface area contributed by atoms with Gasteiger partial charge in [0, 0.05) is 65.2 Å². The van der Waals surface area contributed by atoms with Gasteiger partial charge in [0.25, 0.3) is 11.1 Å². The molecule has 14 N–H and O–H groups in total. The lowest BCUT2D eigenvalue weighted by Gasteiger charge is -2.23. The summed E-state index contributed by atoms with van der Waals surface area (Å²) in [6, 6.07) is 1.86. The predicted molar refractivity (Wildman–Crippen MR) is 289 cm³/mol. The third-order valence-corrected chi connectivity index (χ3v) is 17.6. The number of hydrogen-bond acceptors (Lipinski definition) is 29. The predicted octanol–water partition coefficient (Wildman–Crippen LogP) is -6.20. The second kappa shape index (κ2) is 23.6. The van der Waals surface area contributed by atoms with E-state index in [4.69, 9.17) is 44.4 Å². The van der Waals surface area contributed by atoms with Crippen LogP contribution in [0.15, 0.2) is 62.7 Å². The van der Waals surface area contributed by atoms with E-state index in [-0.39, 0.29) is 22.8 Å². The van der Waals surface area contributed by atoms with Gasteiger partial charge in [-0.25, -0.2) is 54.8 Å². The van der Waals surface area contributed by atoms with Crippen LogP contribution in [0.3, 0.4) is 0 Å². The molecule has 0 radical (unpaired) electrons. The van der Waals surface area contributed by atoms with E-state index in [0.717, 1.165) is 41.7 Å². The number of H-pyrrole nitrogens is 2. The van der Waals surface area contributed by atoms with Crippen LogP contribution in [-0.4, -0.2) is 210 Å². The van der Waals surface area contributed by atoms with Gasteiger partial charge in [-0.15, -0.1) is 0 Å². The molecule has 6 aromatic rings. The number of aliphatic hydroxyl groups is 6. The Labute approximate surface area is 490 Å². The zero-order chi connectivity index (χ0) is 71.1. The molecule has 38 heteroatoms. The van der Waals surface area contributed by atoms with Crippen molar-refractivity contribution in [1.82, 2.24) is 58.1 Å². The van der Waals surface area contributed by atoms with Crippen LogP contribution >= 0.6 is 0 Å². The SMILES string of the molecule is [3H]C([3H])(C[C@H]1O[C@@H](n2cnc3c(=O)[nH]c(N)nc32)[C@H](O)[C@@H]1C([3H])([3H])S(=O)(=O)C([3H])([3H])C[C@H]1O[C@@H](n2cnc3c(N)ncnc32)[C@H](O)[C@@H]1C([3H])([3H])S(=O)(=O)C([3H])([3H])C[C@H]1O[C@@H](n2ccc(N)nc2=O)[C@H](O)[C@@H]1CO)S(=O)(=O)C([3H])([3H])[C@H]1[C@@H](O)[C@H](n2ccc(=O)[nH]c2=O)O[C@@H]1CCO. The Hall–Kier alpha value is -6.69. The first-order chi connectivity index (χ1) is 44.3. The Balaban J connectivity index is 1.02. The van der Waals surface area contributed by atoms with Gasteiger partial charge < -0.3 is 66.8 Å². The van der Waals surface area contributed by atoms with Gasteiger partial charge in [0.2, 0.25) is 5.95 Å². The molecule has 4 saturated heterocycles. The van der Waals surface area contributed by atoms with Crippen molar-refractivity contribution in [2.45, 2.75) is 99.4 Å². The molecule has 0 unspecified atom stereocenters. The minimum absolute atomic E-state index is 0.238. The molecule has 84 heavy (non-hydrogen) atoms. The maximum absolute atomic E-state index is 15.3. The highest BCUT2D eigenvalue weighted by molar-refractivity contribution is 7.91. The zero-order valence-corrected chi connectivity index (χ0v) is 45.3. The van der Waals surface area contributed by atoms with E-state index in [1.807, 2.05) is 4.98 Å². The van der Waals surface area contributed by atoms with Gasteiger partial charge in [-0.3, -0.25) is 37.8 Å². The van der Waals surface area contributed by atoms with Crippen LogP contribution in [0.25, 0.3) is 22.3 Å². The first kappa shape index (κ1) is 46.6. The Morgan fingerprint density at radius 3 is 1.54 bits per heavy atom. The van der Waals surface area contributed by atoms with E-state index < -0.39 is 240 Å². The second-order valence-corrected chi connectivity index (χ2v) is 24.1. The van der Waals surface area contributed by atoms with E-state index in [0.29, 0.717) is 20.0 Å². The minimum Gasteiger partial charge on any atom is -0.396 e. The number of nitrogens with one attached hydrogen (secondary N) is 2. The van der Waals surface area contributed by atoms with Crippen LogP contribution in [0.4, 0.5) is 17.6 Å². The van der Waals surface area contributed by atoms with Crippen LogP contribution < -0.4 is 39.7 Å². The topological polar surface area (TPSA) is 536 Å². The molecule has 4 aliphatic heterocycles. The molecule has 6 aromatic heterocycles. The summed E-state index contributed by atoms with van der Waals surface area (Å²) < 4.78 is 226. The fourth-order valence-corrected chi connectivity index (χ4v) is 13.5. The first-order valence-corrected chi connectivity index (χ1v) is 29.4. The number of rotatable bonds is 22. The molecule has 4 aliphatic rings. The van der Waals surface area contributed by atoms with E-state index in [9.17, 15) is 74.9 Å².